The van der Waals surface area contributed by atoms with Crippen molar-refractivity contribution in [1.82, 2.24) is 5.32 Å². The van der Waals surface area contributed by atoms with Crippen LogP contribution in [-0.4, -0.2) is 37.4 Å². The Morgan fingerprint density at radius 2 is 2.40 bits per heavy atom. The van der Waals surface area contributed by atoms with Gasteiger partial charge in [-0.25, -0.2) is 0 Å². The molecular weight excluding hydrogens is 194 g/mol. The minimum Gasteiger partial charge on any atom is -0.396 e. The van der Waals surface area contributed by atoms with Crippen LogP contribution >= 0.6 is 0 Å². The van der Waals surface area contributed by atoms with Crippen LogP contribution in [0.25, 0.3) is 0 Å². The van der Waals surface area contributed by atoms with E-state index < -0.39 is 0 Å². The van der Waals surface area contributed by atoms with Gasteiger partial charge in [0.05, 0.1) is 12.0 Å². The Kier molecular flexibility index (Phi) is 4.54. The van der Waals surface area contributed by atoms with Crippen molar-refractivity contribution in [3.05, 3.63) is 0 Å². The van der Waals surface area contributed by atoms with Gasteiger partial charge in [0.15, 0.2) is 0 Å². The molecule has 1 aliphatic heterocycles. The third-order valence-electron chi connectivity index (χ3n) is 3.15. The van der Waals surface area contributed by atoms with E-state index in [1.807, 2.05) is 13.8 Å². The molecule has 0 spiro atoms. The molecule has 1 heterocycles. The molecule has 2 N–H and O–H groups in total. The van der Waals surface area contributed by atoms with Gasteiger partial charge >= 0.3 is 0 Å². The molecule has 4 nitrogen and oxygen atoms in total. The van der Waals surface area contributed by atoms with Crippen molar-refractivity contribution in [1.29, 1.82) is 0 Å². The van der Waals surface area contributed by atoms with Crippen LogP contribution < -0.4 is 5.32 Å². The summed E-state index contributed by atoms with van der Waals surface area (Å²) < 4.78 is 5.23. The van der Waals surface area contributed by atoms with Crippen molar-refractivity contribution in [3.8, 4) is 0 Å². The monoisotopic (exact) mass is 215 g/mol. The maximum atomic E-state index is 11.8. The van der Waals surface area contributed by atoms with E-state index in [1.54, 1.807) is 0 Å². The lowest BCUT2D eigenvalue weighted by Crippen LogP contribution is -2.41. The molecule has 4 heteroatoms. The first-order valence-electron chi connectivity index (χ1n) is 5.59. The molecule has 1 rings (SSSR count). The first-order chi connectivity index (χ1) is 7.12. The molecular formula is C11H21NO3. The summed E-state index contributed by atoms with van der Waals surface area (Å²) in [4.78, 5) is 11.8. The van der Waals surface area contributed by atoms with Gasteiger partial charge in [0.1, 0.15) is 0 Å². The number of aliphatic hydroxyl groups excluding tert-OH is 1. The van der Waals surface area contributed by atoms with E-state index in [0.29, 0.717) is 19.8 Å². The number of ether oxygens (including phenoxy) is 1. The minimum atomic E-state index is -0.367. The highest BCUT2D eigenvalue weighted by Gasteiger charge is 2.37. The smallest absolute Gasteiger partial charge is 0.228 e. The molecule has 2 atom stereocenters. The van der Waals surface area contributed by atoms with Gasteiger partial charge in [0.2, 0.25) is 5.91 Å². The summed E-state index contributed by atoms with van der Waals surface area (Å²) in [7, 11) is 0. The first-order valence-corrected chi connectivity index (χ1v) is 5.59. The molecule has 88 valence electrons. The van der Waals surface area contributed by atoms with Crippen LogP contribution in [0.2, 0.25) is 0 Å². The topological polar surface area (TPSA) is 58.6 Å². The van der Waals surface area contributed by atoms with Crippen molar-refractivity contribution in [3.63, 3.8) is 0 Å². The van der Waals surface area contributed by atoms with E-state index in [2.05, 4.69) is 5.32 Å². The minimum absolute atomic E-state index is 0.0481. The number of nitrogens with one attached hydrogen (secondary N) is 1. The van der Waals surface area contributed by atoms with E-state index in [-0.39, 0.29) is 23.8 Å². The number of carbonyl (C=O) groups is 1. The van der Waals surface area contributed by atoms with Crippen LogP contribution in [-0.2, 0) is 9.53 Å². The molecule has 0 bridgehead atoms. The summed E-state index contributed by atoms with van der Waals surface area (Å²) in [6.07, 6.45) is 1.67. The van der Waals surface area contributed by atoms with Crippen molar-refractivity contribution in [2.45, 2.75) is 26.7 Å². The maximum Gasteiger partial charge on any atom is 0.228 e. The number of hydrogen-bond donors (Lipinski definition) is 2. The zero-order chi connectivity index (χ0) is 11.3. The van der Waals surface area contributed by atoms with Gasteiger partial charge in [0.25, 0.3) is 0 Å². The lowest BCUT2D eigenvalue weighted by molar-refractivity contribution is -0.130. The Labute approximate surface area is 91.0 Å². The Hall–Kier alpha value is -0.610. The summed E-state index contributed by atoms with van der Waals surface area (Å²) in [5.41, 5.74) is -0.367. The fraction of sp³-hybridized carbons (Fsp3) is 0.909. The molecule has 1 amide bonds. The van der Waals surface area contributed by atoms with Crippen molar-refractivity contribution >= 4 is 5.91 Å². The lowest BCUT2D eigenvalue weighted by Gasteiger charge is -2.22. The Morgan fingerprint density at radius 1 is 1.67 bits per heavy atom. The Bertz CT molecular complexity index is 208. The summed E-state index contributed by atoms with van der Waals surface area (Å²) in [6, 6.07) is 0. The highest BCUT2D eigenvalue weighted by atomic mass is 16.5. The molecule has 2 unspecified atom stereocenters. The van der Waals surface area contributed by atoms with Crippen LogP contribution in [0.1, 0.15) is 26.7 Å². The first kappa shape index (κ1) is 12.5. The predicted octanol–water partition coefficient (Wildman–Crippen LogP) is 0.548. The summed E-state index contributed by atoms with van der Waals surface area (Å²) >= 11 is 0. The second-order valence-electron chi connectivity index (χ2n) is 4.53. The van der Waals surface area contributed by atoms with Crippen LogP contribution in [0.4, 0.5) is 0 Å². The van der Waals surface area contributed by atoms with E-state index in [4.69, 9.17) is 9.84 Å². The summed E-state index contributed by atoms with van der Waals surface area (Å²) in [5, 5.41) is 11.9. The quantitative estimate of drug-likeness (QED) is 0.704. The molecule has 15 heavy (non-hydrogen) atoms. The fourth-order valence-electron chi connectivity index (χ4n) is 1.63. The number of carbonyl (C=O) groups excluding carboxylic acids is 1. The van der Waals surface area contributed by atoms with Gasteiger partial charge < -0.3 is 15.2 Å². The number of amides is 1. The molecule has 0 aromatic carbocycles. The largest absolute Gasteiger partial charge is 0.396 e. The second kappa shape index (κ2) is 5.47. The number of hydrogen-bond acceptors (Lipinski definition) is 3. The average Bonchev–Trinajstić information content (AvgIpc) is 2.68. The van der Waals surface area contributed by atoms with Crippen LogP contribution in [0.15, 0.2) is 0 Å². The van der Waals surface area contributed by atoms with Gasteiger partial charge in [-0.1, -0.05) is 6.92 Å². The van der Waals surface area contributed by atoms with E-state index >= 15 is 0 Å². The molecule has 0 saturated carbocycles. The third-order valence-corrected chi connectivity index (χ3v) is 3.15. The van der Waals surface area contributed by atoms with Crippen molar-refractivity contribution in [2.75, 3.05) is 26.4 Å². The third kappa shape index (κ3) is 3.18. The average molecular weight is 215 g/mol. The zero-order valence-electron chi connectivity index (χ0n) is 9.58. The van der Waals surface area contributed by atoms with Crippen molar-refractivity contribution in [2.24, 2.45) is 11.3 Å². The van der Waals surface area contributed by atoms with Gasteiger partial charge in [0, 0.05) is 19.8 Å². The Morgan fingerprint density at radius 3 is 2.87 bits per heavy atom. The van der Waals surface area contributed by atoms with E-state index in [0.717, 1.165) is 12.8 Å². The molecule has 1 aliphatic rings. The predicted molar refractivity (Wildman–Crippen MR) is 57.4 cm³/mol. The maximum absolute atomic E-state index is 11.8. The van der Waals surface area contributed by atoms with Crippen LogP contribution in [0.5, 0.6) is 0 Å². The van der Waals surface area contributed by atoms with Gasteiger partial charge in [-0.2, -0.15) is 0 Å². The van der Waals surface area contributed by atoms with Gasteiger partial charge in [-0.15, -0.1) is 0 Å². The highest BCUT2D eigenvalue weighted by molar-refractivity contribution is 5.82. The molecule has 0 aromatic heterocycles. The van der Waals surface area contributed by atoms with Crippen LogP contribution in [0.3, 0.4) is 0 Å². The molecule has 0 radical (unpaired) electrons. The molecule has 0 aliphatic carbocycles. The molecule has 1 fully saturated rings. The zero-order valence-corrected chi connectivity index (χ0v) is 9.58. The summed E-state index contributed by atoms with van der Waals surface area (Å²) in [6.45, 7) is 5.80. The van der Waals surface area contributed by atoms with Gasteiger partial charge in [-0.3, -0.25) is 4.79 Å². The highest BCUT2D eigenvalue weighted by Crippen LogP contribution is 2.27. The number of aliphatic hydroxyl groups is 1. The fourth-order valence-corrected chi connectivity index (χ4v) is 1.63. The molecule has 1 saturated heterocycles. The molecule has 0 aromatic rings. The van der Waals surface area contributed by atoms with E-state index in [1.165, 1.54) is 0 Å². The van der Waals surface area contributed by atoms with E-state index in [9.17, 15) is 4.79 Å². The lowest BCUT2D eigenvalue weighted by atomic mass is 9.89. The van der Waals surface area contributed by atoms with Crippen molar-refractivity contribution < 1.29 is 14.6 Å². The standard InChI is InChI=1S/C11H21NO3/c1-3-9(7-13)6-12-10(14)11(2)4-5-15-8-11/h9,13H,3-8H2,1-2H3,(H,12,14). The van der Waals surface area contributed by atoms with Gasteiger partial charge in [-0.05, 0) is 25.7 Å². The summed E-state index contributed by atoms with van der Waals surface area (Å²) in [5.74, 6) is 0.215. The SMILES string of the molecule is CCC(CO)CNC(=O)C1(C)CCOC1. The van der Waals surface area contributed by atoms with Crippen LogP contribution in [0, 0.1) is 11.3 Å². The second-order valence-corrected chi connectivity index (χ2v) is 4.53. The Balaban J connectivity index is 2.35. The number of rotatable bonds is 5. The normalized spacial score (nSPS) is 27.7.